The SMILES string of the molecule is CC[C@H](NC(=O)OC(C)(C)C)C(=O)N(Cc1ccc(C2=NN=C(C3CC3)C3=C[C]32)cc1)c1cc(-c2nnc(C(F)(OC)C(C)(F)F)o2)ccc1C.COC.CP.[HH]. The summed E-state index contributed by atoms with van der Waals surface area (Å²) in [7, 11) is 6.44. The van der Waals surface area contributed by atoms with Crippen LogP contribution in [0.2, 0.25) is 0 Å². The van der Waals surface area contributed by atoms with E-state index in [4.69, 9.17) is 9.15 Å². The number of aromatic nitrogens is 2. The van der Waals surface area contributed by atoms with Crippen molar-refractivity contribution in [3.63, 3.8) is 0 Å². The summed E-state index contributed by atoms with van der Waals surface area (Å²) < 4.78 is 63.0. The maximum Gasteiger partial charge on any atom is 0.408 e. The third-order valence-electron chi connectivity index (χ3n) is 8.77. The number of nitrogens with one attached hydrogen (secondary N) is 1. The first-order chi connectivity index (χ1) is 26.4. The number of benzene rings is 2. The van der Waals surface area contributed by atoms with Crippen LogP contribution >= 0.6 is 9.24 Å². The van der Waals surface area contributed by atoms with Crippen molar-refractivity contribution in [2.24, 2.45) is 16.1 Å². The first-order valence-corrected chi connectivity index (χ1v) is 19.3. The molecule has 2 amide bonds. The fourth-order valence-corrected chi connectivity index (χ4v) is 5.77. The molecule has 1 N–H and O–H groups in total. The molecular weight excluding hydrogens is 748 g/mol. The third-order valence-corrected chi connectivity index (χ3v) is 8.77. The predicted molar refractivity (Wildman–Crippen MR) is 215 cm³/mol. The van der Waals surface area contributed by atoms with E-state index in [0.29, 0.717) is 24.1 Å². The number of ether oxygens (including phenoxy) is 3. The number of halogens is 3. The van der Waals surface area contributed by atoms with Gasteiger partial charge in [0, 0.05) is 46.8 Å². The monoisotopic (exact) mass is 801 g/mol. The van der Waals surface area contributed by atoms with E-state index >= 15 is 4.39 Å². The van der Waals surface area contributed by atoms with Crippen molar-refractivity contribution in [2.45, 2.75) is 90.8 Å². The molecule has 2 aromatic carbocycles. The lowest BCUT2D eigenvalue weighted by atomic mass is 9.98. The maximum absolute atomic E-state index is 15.2. The number of carbonyl (C=O) groups excluding carboxylic acids is 2. The van der Waals surface area contributed by atoms with E-state index in [1.807, 2.05) is 30.9 Å². The molecule has 3 atom stereocenters. The number of anilines is 1. The van der Waals surface area contributed by atoms with Crippen molar-refractivity contribution < 1.29 is 42.8 Å². The predicted octanol–water partition coefficient (Wildman–Crippen LogP) is 8.39. The number of hydrogen-bond acceptors (Lipinski definition) is 10. The van der Waals surface area contributed by atoms with E-state index in [0.717, 1.165) is 48.4 Å². The molecule has 2 unspecified atom stereocenters. The molecule has 6 rings (SSSR count). The number of hydrogen-bond donors (Lipinski definition) is 1. The second kappa shape index (κ2) is 18.2. The van der Waals surface area contributed by atoms with E-state index in [-0.39, 0.29) is 25.8 Å². The van der Waals surface area contributed by atoms with Gasteiger partial charge < -0.3 is 28.8 Å². The number of fused-ring (bicyclic) bond motifs is 1. The van der Waals surface area contributed by atoms with Gasteiger partial charge >= 0.3 is 17.9 Å². The summed E-state index contributed by atoms with van der Waals surface area (Å²) in [5.41, 5.74) is 5.23. The lowest BCUT2D eigenvalue weighted by Crippen LogP contribution is -2.49. The van der Waals surface area contributed by atoms with E-state index in [9.17, 15) is 18.4 Å². The maximum atomic E-state index is 15.2. The van der Waals surface area contributed by atoms with Gasteiger partial charge in [-0.1, -0.05) is 50.0 Å². The average molecular weight is 802 g/mol. The minimum absolute atomic E-state index is 0. The standard InChI is InChI=1S/C37H40F3N6O5.C2H6O.CH5P.H2/c1-8-27(41-34(48)51-35(3,4)5)32(47)46(19-21-10-13-22(14-11-21)29-25-18-26(25)30(43-42-29)23-15-16-23)28-17-24(12-9-20(28)2)31-44-45-33(50-31)37(40,49-7)36(6,38)39;1-3-2;1-2;/h9-14,17-18,23,27H,8,15-16,19H2,1-7H3,(H,41,48);1-2H3;2H2,1H3;1H/t27-,37?;;;/m0.../s1. The van der Waals surface area contributed by atoms with Crippen molar-refractivity contribution in [3.05, 3.63) is 82.6 Å². The van der Waals surface area contributed by atoms with Gasteiger partial charge in [0.2, 0.25) is 11.8 Å². The molecule has 3 aromatic rings. The Bertz CT molecular complexity index is 1960. The molecule has 0 bridgehead atoms. The lowest BCUT2D eigenvalue weighted by Gasteiger charge is -2.30. The minimum atomic E-state index is -3.99. The number of methoxy groups -OCH3 is 2. The lowest BCUT2D eigenvalue weighted by molar-refractivity contribution is -0.278. The van der Waals surface area contributed by atoms with Gasteiger partial charge in [-0.3, -0.25) is 4.79 Å². The normalized spacial score (nSPS) is 16.6. The van der Waals surface area contributed by atoms with Crippen molar-refractivity contribution in [2.75, 3.05) is 32.9 Å². The van der Waals surface area contributed by atoms with Gasteiger partial charge in [-0.15, -0.1) is 19.4 Å². The summed E-state index contributed by atoms with van der Waals surface area (Å²) in [6.45, 7) is 11.1. The summed E-state index contributed by atoms with van der Waals surface area (Å²) >= 11 is 0. The Hall–Kier alpha value is -4.46. The topological polar surface area (TPSA) is 141 Å². The number of alkyl carbamates (subject to hydrolysis) is 1. The van der Waals surface area contributed by atoms with Crippen LogP contribution in [0.15, 0.2) is 68.7 Å². The average Bonchev–Trinajstić information content (AvgIpc) is 4.09. The molecule has 305 valence electrons. The molecule has 12 nitrogen and oxygen atoms in total. The number of rotatable bonds is 12. The van der Waals surface area contributed by atoms with Crippen LogP contribution in [-0.2, 0) is 31.4 Å². The summed E-state index contributed by atoms with van der Waals surface area (Å²) in [6.07, 6.45) is 3.90. The van der Waals surface area contributed by atoms with Crippen LogP contribution < -0.4 is 10.2 Å². The van der Waals surface area contributed by atoms with Crippen molar-refractivity contribution in [3.8, 4) is 11.5 Å². The van der Waals surface area contributed by atoms with Crippen LogP contribution in [0.3, 0.4) is 0 Å². The van der Waals surface area contributed by atoms with Gasteiger partial charge in [0.15, 0.2) is 0 Å². The molecule has 0 spiro atoms. The summed E-state index contributed by atoms with van der Waals surface area (Å²) in [5, 5.41) is 19.0. The van der Waals surface area contributed by atoms with Gasteiger partial charge in [0.05, 0.1) is 23.9 Å². The Kier molecular flexibility index (Phi) is 14.4. The van der Waals surface area contributed by atoms with Gasteiger partial charge in [-0.25, -0.2) is 4.79 Å². The molecular formula is C40H53F3N6O6P. The van der Waals surface area contributed by atoms with Crippen LogP contribution in [0.5, 0.6) is 0 Å². The minimum Gasteiger partial charge on any atom is -0.444 e. The van der Waals surface area contributed by atoms with Gasteiger partial charge in [-0.2, -0.15) is 23.4 Å². The zero-order chi connectivity index (χ0) is 41.6. The van der Waals surface area contributed by atoms with Crippen LogP contribution in [0.25, 0.3) is 11.5 Å². The molecule has 1 fully saturated rings. The summed E-state index contributed by atoms with van der Waals surface area (Å²) in [4.78, 5) is 28.6. The van der Waals surface area contributed by atoms with Crippen LogP contribution in [0.1, 0.15) is 77.9 Å². The van der Waals surface area contributed by atoms with Crippen molar-refractivity contribution in [1.82, 2.24) is 15.5 Å². The van der Waals surface area contributed by atoms with Gasteiger partial charge in [0.25, 0.3) is 5.89 Å². The highest BCUT2D eigenvalue weighted by Gasteiger charge is 2.58. The molecule has 1 aliphatic heterocycles. The Morgan fingerprint density at radius 2 is 1.62 bits per heavy atom. The van der Waals surface area contributed by atoms with E-state index in [1.165, 1.54) is 10.5 Å². The fraction of sp³-hybridized carbons (Fsp3) is 0.475. The Labute approximate surface area is 330 Å². The largest absolute Gasteiger partial charge is 0.444 e. The highest BCUT2D eigenvalue weighted by Crippen LogP contribution is 2.46. The van der Waals surface area contributed by atoms with Gasteiger partial charge in [-0.05, 0) is 81.4 Å². The number of nitrogens with zero attached hydrogens (tertiary/aromatic N) is 5. The van der Waals surface area contributed by atoms with E-state index in [2.05, 4.69) is 50.5 Å². The molecule has 56 heavy (non-hydrogen) atoms. The van der Waals surface area contributed by atoms with E-state index in [1.54, 1.807) is 67.0 Å². The Morgan fingerprint density at radius 1 is 1.00 bits per heavy atom. The van der Waals surface area contributed by atoms with Gasteiger partial charge in [0.1, 0.15) is 11.6 Å². The van der Waals surface area contributed by atoms with Crippen molar-refractivity contribution in [1.29, 1.82) is 0 Å². The molecule has 1 aromatic heterocycles. The quantitative estimate of drug-likeness (QED) is 0.180. The molecule has 3 aliphatic rings. The first kappa shape index (κ1) is 44.3. The molecule has 2 aliphatic carbocycles. The van der Waals surface area contributed by atoms with Crippen molar-refractivity contribution >= 4 is 38.4 Å². The van der Waals surface area contributed by atoms with E-state index < -0.39 is 41.3 Å². The smallest absolute Gasteiger partial charge is 0.408 e. The Morgan fingerprint density at radius 3 is 2.18 bits per heavy atom. The van der Waals surface area contributed by atoms with Crippen LogP contribution in [0, 0.1) is 18.8 Å². The van der Waals surface area contributed by atoms with Crippen LogP contribution in [0.4, 0.5) is 23.7 Å². The zero-order valence-electron chi connectivity index (χ0n) is 33.5. The fourth-order valence-electron chi connectivity index (χ4n) is 5.77. The highest BCUT2D eigenvalue weighted by molar-refractivity contribution is 7.15. The number of allylic oxidation sites excluding steroid dienone is 2. The number of amides is 2. The third kappa shape index (κ3) is 10.3. The number of alkyl halides is 3. The molecule has 1 radical (unpaired) electrons. The van der Waals surface area contributed by atoms with Crippen LogP contribution in [-0.4, -0.2) is 79.2 Å². The highest BCUT2D eigenvalue weighted by atomic mass is 31.0. The molecule has 0 saturated heterocycles. The second-order valence-corrected chi connectivity index (χ2v) is 14.4. The summed E-state index contributed by atoms with van der Waals surface area (Å²) in [6, 6.07) is 11.5. The number of aryl methyl sites for hydroxylation is 1. The molecule has 2 heterocycles. The zero-order valence-corrected chi connectivity index (χ0v) is 34.7. The Balaban J connectivity index is 0.00000138. The summed E-state index contributed by atoms with van der Waals surface area (Å²) in [5.74, 6) is -7.81. The second-order valence-electron chi connectivity index (χ2n) is 14.4. The first-order valence-electron chi connectivity index (χ1n) is 18.1. The molecule has 16 heteroatoms. The number of carbonyl (C=O) groups is 2. The molecule has 1 saturated carbocycles.